The lowest BCUT2D eigenvalue weighted by molar-refractivity contribution is 0.191. The average molecular weight is 448 g/mol. The summed E-state index contributed by atoms with van der Waals surface area (Å²) in [5, 5.41) is 10.3. The topological polar surface area (TPSA) is 82.3 Å². The van der Waals surface area contributed by atoms with Crippen molar-refractivity contribution in [1.82, 2.24) is 20.2 Å². The van der Waals surface area contributed by atoms with Crippen molar-refractivity contribution >= 4 is 39.0 Å². The number of aromatic nitrogens is 2. The number of anilines is 1. The molecule has 0 aliphatic carbocycles. The molecule has 1 fully saturated rings. The fraction of sp³-hybridized carbons (Fsp3) is 0.429. The Labute approximate surface area is 184 Å². The second-order valence-corrected chi connectivity index (χ2v) is 8.86. The molecular formula is C21H26ClN5O2S. The van der Waals surface area contributed by atoms with E-state index in [0.29, 0.717) is 39.7 Å². The number of hydrogen-bond donors (Lipinski definition) is 3. The minimum atomic E-state index is -0.0978. The van der Waals surface area contributed by atoms with Gasteiger partial charge in [-0.2, -0.15) is 0 Å². The van der Waals surface area contributed by atoms with Crippen LogP contribution < -0.4 is 20.8 Å². The average Bonchev–Trinajstić information content (AvgIpc) is 3.18. The predicted octanol–water partition coefficient (Wildman–Crippen LogP) is 3.41. The van der Waals surface area contributed by atoms with Crippen LogP contribution in [0.25, 0.3) is 22.3 Å². The van der Waals surface area contributed by atoms with Crippen LogP contribution >= 0.6 is 22.9 Å². The summed E-state index contributed by atoms with van der Waals surface area (Å²) in [5.74, 6) is 0.576. The van der Waals surface area contributed by atoms with E-state index >= 15 is 0 Å². The van der Waals surface area contributed by atoms with E-state index in [-0.39, 0.29) is 11.5 Å². The number of benzene rings is 1. The summed E-state index contributed by atoms with van der Waals surface area (Å²) in [4.78, 5) is 22.9. The van der Waals surface area contributed by atoms with Crippen molar-refractivity contribution in [2.24, 2.45) is 0 Å². The predicted molar refractivity (Wildman–Crippen MR) is 124 cm³/mol. The van der Waals surface area contributed by atoms with E-state index in [9.17, 15) is 4.79 Å². The molecular weight excluding hydrogens is 422 g/mol. The summed E-state index contributed by atoms with van der Waals surface area (Å²) in [6.07, 6.45) is 0. The molecule has 3 heterocycles. The number of ether oxygens (including phenoxy) is 1. The summed E-state index contributed by atoms with van der Waals surface area (Å²) in [6.45, 7) is 9.56. The lowest BCUT2D eigenvalue weighted by Gasteiger charge is -2.27. The summed E-state index contributed by atoms with van der Waals surface area (Å²) < 4.78 is 5.94. The monoisotopic (exact) mass is 447 g/mol. The summed E-state index contributed by atoms with van der Waals surface area (Å²) in [5.41, 5.74) is 1.83. The van der Waals surface area contributed by atoms with E-state index in [1.54, 1.807) is 18.2 Å². The summed E-state index contributed by atoms with van der Waals surface area (Å²) in [7, 11) is 0. The highest BCUT2D eigenvalue weighted by atomic mass is 35.5. The van der Waals surface area contributed by atoms with Crippen molar-refractivity contribution in [3.8, 4) is 17.1 Å². The first-order valence-corrected chi connectivity index (χ1v) is 11.4. The Hall–Kier alpha value is -2.13. The molecule has 1 aliphatic heterocycles. The van der Waals surface area contributed by atoms with Gasteiger partial charge >= 0.3 is 0 Å². The van der Waals surface area contributed by atoms with Crippen LogP contribution in [0.2, 0.25) is 5.02 Å². The Morgan fingerprint density at radius 3 is 2.90 bits per heavy atom. The van der Waals surface area contributed by atoms with Gasteiger partial charge in [0.2, 0.25) is 0 Å². The molecule has 0 amide bonds. The van der Waals surface area contributed by atoms with E-state index in [4.69, 9.17) is 16.3 Å². The van der Waals surface area contributed by atoms with Crippen molar-refractivity contribution in [2.45, 2.75) is 19.9 Å². The maximum Gasteiger partial charge on any atom is 0.190 e. The van der Waals surface area contributed by atoms with Crippen LogP contribution in [0.1, 0.15) is 13.8 Å². The van der Waals surface area contributed by atoms with Gasteiger partial charge in [0.15, 0.2) is 10.6 Å². The molecule has 4 rings (SSSR count). The number of nitrogens with one attached hydrogen (secondary N) is 3. The van der Waals surface area contributed by atoms with Crippen molar-refractivity contribution in [2.75, 3.05) is 44.6 Å². The fourth-order valence-corrected chi connectivity index (χ4v) is 4.57. The van der Waals surface area contributed by atoms with E-state index < -0.39 is 0 Å². The first-order valence-electron chi connectivity index (χ1n) is 10.1. The molecule has 1 aromatic carbocycles. The van der Waals surface area contributed by atoms with Crippen LogP contribution in [0, 0.1) is 0 Å². The number of halogens is 1. The van der Waals surface area contributed by atoms with Crippen LogP contribution in [0.15, 0.2) is 28.4 Å². The Balaban J connectivity index is 1.56. The fourth-order valence-electron chi connectivity index (χ4n) is 3.44. The van der Waals surface area contributed by atoms with Crippen molar-refractivity contribution in [3.63, 3.8) is 0 Å². The molecule has 3 aromatic rings. The van der Waals surface area contributed by atoms with Gasteiger partial charge < -0.3 is 20.4 Å². The number of nitrogens with zero attached hydrogens (tertiary/aromatic N) is 2. The Bertz CT molecular complexity index is 1070. The molecule has 0 spiro atoms. The van der Waals surface area contributed by atoms with Crippen LogP contribution in [0.4, 0.5) is 5.13 Å². The number of piperazine rings is 1. The first-order chi connectivity index (χ1) is 14.5. The third-order valence-electron chi connectivity index (χ3n) is 4.97. The standard InChI is InChI=1S/C21H26ClN5O2S/c1-13(2)24-21-26-16(12-30-21)15-11-17(28)14-3-4-18(19(22)20(14)25-15)29-10-9-27-7-5-23-6-8-27/h3-4,11-13,23H,5-10H2,1-2H3,(H,24,26)(H,25,28). The van der Waals surface area contributed by atoms with E-state index in [1.807, 2.05) is 5.38 Å². The highest BCUT2D eigenvalue weighted by molar-refractivity contribution is 7.14. The number of aromatic amines is 1. The van der Waals surface area contributed by atoms with Gasteiger partial charge in [0.1, 0.15) is 17.4 Å². The van der Waals surface area contributed by atoms with Gasteiger partial charge in [0.05, 0.1) is 16.9 Å². The largest absolute Gasteiger partial charge is 0.491 e. The number of pyridine rings is 1. The third kappa shape index (κ3) is 4.78. The minimum Gasteiger partial charge on any atom is -0.491 e. The lowest BCUT2D eigenvalue weighted by Crippen LogP contribution is -2.44. The van der Waals surface area contributed by atoms with Gasteiger partial charge in [-0.05, 0) is 26.0 Å². The molecule has 1 saturated heterocycles. The van der Waals surface area contributed by atoms with Crippen LogP contribution in [0.5, 0.6) is 5.75 Å². The molecule has 1 aliphatic rings. The zero-order chi connectivity index (χ0) is 21.1. The van der Waals surface area contributed by atoms with Gasteiger partial charge in [-0.25, -0.2) is 4.98 Å². The van der Waals surface area contributed by atoms with Gasteiger partial charge in [-0.1, -0.05) is 11.6 Å². The first kappa shape index (κ1) is 21.1. The second kappa shape index (κ2) is 9.34. The maximum absolute atomic E-state index is 12.7. The van der Waals surface area contributed by atoms with Gasteiger partial charge in [0.25, 0.3) is 0 Å². The molecule has 3 N–H and O–H groups in total. The number of hydrogen-bond acceptors (Lipinski definition) is 7. The van der Waals surface area contributed by atoms with E-state index in [1.165, 1.54) is 11.3 Å². The van der Waals surface area contributed by atoms with Gasteiger partial charge in [-0.15, -0.1) is 11.3 Å². The lowest BCUT2D eigenvalue weighted by atomic mass is 10.1. The summed E-state index contributed by atoms with van der Waals surface area (Å²) >= 11 is 8.12. The maximum atomic E-state index is 12.7. The van der Waals surface area contributed by atoms with Crippen molar-refractivity contribution in [1.29, 1.82) is 0 Å². The Morgan fingerprint density at radius 2 is 2.13 bits per heavy atom. The molecule has 0 saturated carbocycles. The number of H-pyrrole nitrogens is 1. The van der Waals surface area contributed by atoms with Crippen LogP contribution in [0.3, 0.4) is 0 Å². The Morgan fingerprint density at radius 1 is 1.33 bits per heavy atom. The van der Waals surface area contributed by atoms with Crippen LogP contribution in [-0.2, 0) is 0 Å². The number of rotatable bonds is 7. The van der Waals surface area contributed by atoms with E-state index in [2.05, 4.69) is 39.3 Å². The van der Waals surface area contributed by atoms with Gasteiger partial charge in [-0.3, -0.25) is 9.69 Å². The van der Waals surface area contributed by atoms with Crippen LogP contribution in [-0.4, -0.2) is 60.2 Å². The Kier molecular flexibility index (Phi) is 6.58. The minimum absolute atomic E-state index is 0.0978. The number of thiazole rings is 1. The zero-order valence-electron chi connectivity index (χ0n) is 17.1. The zero-order valence-corrected chi connectivity index (χ0v) is 18.7. The third-order valence-corrected chi connectivity index (χ3v) is 6.12. The number of fused-ring (bicyclic) bond motifs is 1. The molecule has 160 valence electrons. The highest BCUT2D eigenvalue weighted by Gasteiger charge is 2.14. The van der Waals surface area contributed by atoms with Crippen molar-refractivity contribution in [3.05, 3.63) is 38.8 Å². The second-order valence-electron chi connectivity index (χ2n) is 7.62. The molecule has 30 heavy (non-hydrogen) atoms. The molecule has 0 radical (unpaired) electrons. The SMILES string of the molecule is CC(C)Nc1nc(-c2cc(=O)c3ccc(OCCN4CCNCC4)c(Cl)c3[nH]2)cs1. The smallest absolute Gasteiger partial charge is 0.190 e. The molecule has 0 unspecified atom stereocenters. The summed E-state index contributed by atoms with van der Waals surface area (Å²) in [6, 6.07) is 5.38. The van der Waals surface area contributed by atoms with Crippen molar-refractivity contribution < 1.29 is 4.74 Å². The normalized spacial score (nSPS) is 15.1. The molecule has 0 bridgehead atoms. The highest BCUT2D eigenvalue weighted by Crippen LogP contribution is 2.32. The molecule has 7 nitrogen and oxygen atoms in total. The van der Waals surface area contributed by atoms with E-state index in [0.717, 1.165) is 37.9 Å². The molecule has 9 heteroatoms. The van der Waals surface area contributed by atoms with Gasteiger partial charge in [0, 0.05) is 55.6 Å². The molecule has 0 atom stereocenters. The quantitative estimate of drug-likeness (QED) is 0.515. The molecule has 2 aromatic heterocycles.